The van der Waals surface area contributed by atoms with Crippen LogP contribution in [0.2, 0.25) is 15.1 Å². The molecule has 0 bridgehead atoms. The average molecular weight is 500 g/mol. The van der Waals surface area contributed by atoms with Gasteiger partial charge in [0, 0.05) is 24.0 Å². The molecule has 2 atom stereocenters. The maximum atomic E-state index is 13.1. The van der Waals surface area contributed by atoms with Crippen LogP contribution in [0, 0.1) is 0 Å². The molecule has 0 aliphatic heterocycles. The number of rotatable bonds is 11. The second-order valence-electron chi connectivity index (χ2n) is 7.67. The number of ether oxygens (including phenoxy) is 1. The Balaban J connectivity index is 2.04. The largest absolute Gasteiger partial charge is 0.494 e. The highest BCUT2D eigenvalue weighted by atomic mass is 35.5. The molecule has 5 nitrogen and oxygen atoms in total. The fraction of sp³-hybridized carbons (Fsp3) is 0.417. The molecule has 1 N–H and O–H groups in total. The molecule has 0 aliphatic carbocycles. The minimum absolute atomic E-state index is 0.0275. The minimum Gasteiger partial charge on any atom is -0.494 e. The molecule has 2 rings (SSSR count). The third-order valence-corrected chi connectivity index (χ3v) is 6.11. The quantitative estimate of drug-likeness (QED) is 0.378. The molecule has 0 radical (unpaired) electrons. The zero-order chi connectivity index (χ0) is 23.7. The lowest BCUT2D eigenvalue weighted by molar-refractivity contribution is -0.141. The zero-order valence-corrected chi connectivity index (χ0v) is 20.8. The highest BCUT2D eigenvalue weighted by Gasteiger charge is 2.26. The van der Waals surface area contributed by atoms with Gasteiger partial charge in [0.1, 0.15) is 11.8 Å². The zero-order valence-electron chi connectivity index (χ0n) is 18.5. The first kappa shape index (κ1) is 26.3. The summed E-state index contributed by atoms with van der Waals surface area (Å²) in [4.78, 5) is 27.4. The number of carbonyl (C=O) groups excluding carboxylic acids is 2. The van der Waals surface area contributed by atoms with Gasteiger partial charge < -0.3 is 15.0 Å². The first-order chi connectivity index (χ1) is 15.2. The number of hydrogen-bond acceptors (Lipinski definition) is 3. The van der Waals surface area contributed by atoms with E-state index in [2.05, 4.69) is 5.32 Å². The monoisotopic (exact) mass is 498 g/mol. The van der Waals surface area contributed by atoms with E-state index in [0.29, 0.717) is 33.8 Å². The second-order valence-corrected chi connectivity index (χ2v) is 8.92. The Morgan fingerprint density at radius 2 is 1.72 bits per heavy atom. The van der Waals surface area contributed by atoms with Gasteiger partial charge in [-0.2, -0.15) is 0 Å². The number of halogens is 3. The molecule has 0 fully saturated rings. The molecule has 32 heavy (non-hydrogen) atoms. The molecular formula is C24H29Cl3N2O3. The summed E-state index contributed by atoms with van der Waals surface area (Å²) in [5, 5.41) is 4.43. The summed E-state index contributed by atoms with van der Waals surface area (Å²) in [5.41, 5.74) is 0.799. The van der Waals surface area contributed by atoms with Gasteiger partial charge in [-0.05, 0) is 68.7 Å². The van der Waals surface area contributed by atoms with Crippen molar-refractivity contribution < 1.29 is 14.3 Å². The van der Waals surface area contributed by atoms with Gasteiger partial charge in [-0.1, -0.05) is 47.8 Å². The SMILES string of the molecule is CCC(C)NC(=O)C(C)N(Cc1ccc(Cl)c(Cl)c1)C(=O)CCCOc1ccc(Cl)cc1. The van der Waals surface area contributed by atoms with Crippen LogP contribution in [0.4, 0.5) is 0 Å². The van der Waals surface area contributed by atoms with Crippen LogP contribution < -0.4 is 10.1 Å². The molecule has 0 saturated carbocycles. The Bertz CT molecular complexity index is 906. The predicted octanol–water partition coefficient (Wildman–Crippen LogP) is 6.14. The summed E-state index contributed by atoms with van der Waals surface area (Å²) in [7, 11) is 0. The Labute approximate surface area is 205 Å². The van der Waals surface area contributed by atoms with Crippen molar-refractivity contribution in [1.82, 2.24) is 10.2 Å². The summed E-state index contributed by atoms with van der Waals surface area (Å²) in [5.74, 6) is 0.364. The number of nitrogens with one attached hydrogen (secondary N) is 1. The van der Waals surface area contributed by atoms with E-state index in [1.807, 2.05) is 13.8 Å². The topological polar surface area (TPSA) is 58.6 Å². The molecule has 2 unspecified atom stereocenters. The molecule has 0 spiro atoms. The molecule has 0 aromatic heterocycles. The van der Waals surface area contributed by atoms with Crippen LogP contribution in [0.5, 0.6) is 5.75 Å². The van der Waals surface area contributed by atoms with Crippen molar-refractivity contribution in [3.8, 4) is 5.75 Å². The Hall–Kier alpha value is -1.95. The van der Waals surface area contributed by atoms with Crippen molar-refractivity contribution in [3.05, 3.63) is 63.1 Å². The second kappa shape index (κ2) is 12.9. The van der Waals surface area contributed by atoms with Gasteiger partial charge in [-0.15, -0.1) is 0 Å². The fourth-order valence-corrected chi connectivity index (χ4v) is 3.42. The third kappa shape index (κ3) is 8.19. The molecule has 2 amide bonds. The highest BCUT2D eigenvalue weighted by molar-refractivity contribution is 6.42. The number of nitrogens with zero attached hydrogens (tertiary/aromatic N) is 1. The molecular weight excluding hydrogens is 471 g/mol. The molecule has 2 aromatic carbocycles. The van der Waals surface area contributed by atoms with E-state index in [-0.39, 0.29) is 30.8 Å². The number of benzene rings is 2. The first-order valence-corrected chi connectivity index (χ1v) is 11.8. The summed E-state index contributed by atoms with van der Waals surface area (Å²) in [6.45, 7) is 6.29. The maximum Gasteiger partial charge on any atom is 0.242 e. The summed E-state index contributed by atoms with van der Waals surface area (Å²) < 4.78 is 5.67. The van der Waals surface area contributed by atoms with Gasteiger partial charge in [0.25, 0.3) is 0 Å². The lowest BCUT2D eigenvalue weighted by Crippen LogP contribution is -2.49. The van der Waals surface area contributed by atoms with E-state index in [1.54, 1.807) is 54.3 Å². The molecule has 0 aliphatic rings. The maximum absolute atomic E-state index is 13.1. The van der Waals surface area contributed by atoms with Crippen molar-refractivity contribution in [3.63, 3.8) is 0 Å². The van der Waals surface area contributed by atoms with E-state index in [1.165, 1.54) is 0 Å². The third-order valence-electron chi connectivity index (χ3n) is 5.12. The van der Waals surface area contributed by atoms with Gasteiger partial charge in [0.05, 0.1) is 16.7 Å². The first-order valence-electron chi connectivity index (χ1n) is 10.6. The van der Waals surface area contributed by atoms with Crippen LogP contribution in [0.3, 0.4) is 0 Å². The molecule has 174 valence electrons. The lowest BCUT2D eigenvalue weighted by atomic mass is 10.1. The van der Waals surface area contributed by atoms with Gasteiger partial charge in [-0.3, -0.25) is 9.59 Å². The molecule has 0 saturated heterocycles. The lowest BCUT2D eigenvalue weighted by Gasteiger charge is -2.30. The van der Waals surface area contributed by atoms with Crippen LogP contribution in [-0.2, 0) is 16.1 Å². The molecule has 0 heterocycles. The Kier molecular flexibility index (Phi) is 10.6. The van der Waals surface area contributed by atoms with Gasteiger partial charge in [0.2, 0.25) is 11.8 Å². The normalized spacial score (nSPS) is 12.7. The average Bonchev–Trinajstić information content (AvgIpc) is 2.77. The van der Waals surface area contributed by atoms with Gasteiger partial charge in [0.15, 0.2) is 0 Å². The Morgan fingerprint density at radius 3 is 2.34 bits per heavy atom. The van der Waals surface area contributed by atoms with Crippen LogP contribution >= 0.6 is 34.8 Å². The van der Waals surface area contributed by atoms with Crippen molar-refractivity contribution in [2.45, 2.75) is 58.7 Å². The van der Waals surface area contributed by atoms with E-state index in [4.69, 9.17) is 39.5 Å². The summed E-state index contributed by atoms with van der Waals surface area (Å²) >= 11 is 18.0. The smallest absolute Gasteiger partial charge is 0.242 e. The van der Waals surface area contributed by atoms with Gasteiger partial charge in [-0.25, -0.2) is 0 Å². The summed E-state index contributed by atoms with van der Waals surface area (Å²) in [6, 6.07) is 11.7. The van der Waals surface area contributed by atoms with Crippen molar-refractivity contribution in [2.75, 3.05) is 6.61 Å². The van der Waals surface area contributed by atoms with Crippen LogP contribution in [0.25, 0.3) is 0 Å². The van der Waals surface area contributed by atoms with Crippen molar-refractivity contribution in [2.24, 2.45) is 0 Å². The highest BCUT2D eigenvalue weighted by Crippen LogP contribution is 2.24. The minimum atomic E-state index is -0.636. The van der Waals surface area contributed by atoms with Crippen LogP contribution in [0.15, 0.2) is 42.5 Å². The predicted molar refractivity (Wildman–Crippen MR) is 131 cm³/mol. The van der Waals surface area contributed by atoms with Crippen LogP contribution in [-0.4, -0.2) is 35.4 Å². The number of amides is 2. The summed E-state index contributed by atoms with van der Waals surface area (Å²) in [6.07, 6.45) is 1.57. The van der Waals surface area contributed by atoms with Gasteiger partial charge >= 0.3 is 0 Å². The van der Waals surface area contributed by atoms with E-state index in [9.17, 15) is 9.59 Å². The molecule has 8 heteroatoms. The Morgan fingerprint density at radius 1 is 1.03 bits per heavy atom. The van der Waals surface area contributed by atoms with Crippen molar-refractivity contribution >= 4 is 46.6 Å². The van der Waals surface area contributed by atoms with E-state index < -0.39 is 6.04 Å². The van der Waals surface area contributed by atoms with E-state index in [0.717, 1.165) is 12.0 Å². The standard InChI is InChI=1S/C24H29Cl3N2O3/c1-4-16(2)28-24(31)17(3)29(15-18-7-12-21(26)22(27)14-18)23(30)6-5-13-32-20-10-8-19(25)9-11-20/h7-12,14,16-17H,4-6,13,15H2,1-3H3,(H,28,31). The fourth-order valence-electron chi connectivity index (χ4n) is 2.97. The number of carbonyl (C=O) groups is 2. The van der Waals surface area contributed by atoms with E-state index >= 15 is 0 Å². The number of hydrogen-bond donors (Lipinski definition) is 1. The van der Waals surface area contributed by atoms with Crippen molar-refractivity contribution in [1.29, 1.82) is 0 Å². The van der Waals surface area contributed by atoms with Crippen LogP contribution in [0.1, 0.15) is 45.6 Å². The molecule has 2 aromatic rings.